The lowest BCUT2D eigenvalue weighted by atomic mass is 10.00. The fourth-order valence-corrected chi connectivity index (χ4v) is 4.90. The maximum Gasteiger partial charge on any atom is 0.148 e. The maximum absolute atomic E-state index is 13.5. The van der Waals surface area contributed by atoms with Crippen molar-refractivity contribution in [1.82, 2.24) is 15.1 Å². The first-order valence-corrected chi connectivity index (χ1v) is 10.4. The van der Waals surface area contributed by atoms with Crippen LogP contribution in [0.1, 0.15) is 12.8 Å². The van der Waals surface area contributed by atoms with Crippen molar-refractivity contribution >= 4 is 17.4 Å². The maximum atomic E-state index is 13.5. The van der Waals surface area contributed by atoms with E-state index in [0.717, 1.165) is 24.9 Å². The summed E-state index contributed by atoms with van der Waals surface area (Å²) in [4.78, 5) is 2.62. The van der Waals surface area contributed by atoms with E-state index < -0.39 is 0 Å². The van der Waals surface area contributed by atoms with Crippen molar-refractivity contribution in [2.45, 2.75) is 18.9 Å². The normalized spacial score (nSPS) is 27.6. The monoisotopic (exact) mass is 402 g/mol. The molecule has 5 rings (SSSR count). The molecule has 1 N–H and O–H groups in total. The summed E-state index contributed by atoms with van der Waals surface area (Å²) in [6.45, 7) is 5.40. The van der Waals surface area contributed by atoms with Gasteiger partial charge in [-0.3, -0.25) is 0 Å². The molecule has 0 spiro atoms. The summed E-state index contributed by atoms with van der Waals surface area (Å²) < 4.78 is 18.9. The zero-order valence-electron chi connectivity index (χ0n) is 15.7. The highest BCUT2D eigenvalue weighted by Crippen LogP contribution is 2.47. The lowest BCUT2D eigenvalue weighted by molar-refractivity contribution is 0.0540. The molecule has 3 aliphatic rings. The van der Waals surface area contributed by atoms with Crippen molar-refractivity contribution in [2.75, 3.05) is 38.2 Å². The molecular weight excluding hydrogens is 379 g/mol. The van der Waals surface area contributed by atoms with E-state index in [1.807, 2.05) is 12.1 Å². The number of fused-ring (bicyclic) bond motifs is 1. The van der Waals surface area contributed by atoms with Crippen LogP contribution in [0.25, 0.3) is 11.3 Å². The Morgan fingerprint density at radius 3 is 2.61 bits per heavy atom. The molecule has 7 heteroatoms. The number of halogens is 2. The van der Waals surface area contributed by atoms with Crippen molar-refractivity contribution in [3.63, 3.8) is 0 Å². The third-order valence-electron chi connectivity index (χ3n) is 6.31. The van der Waals surface area contributed by atoms with Gasteiger partial charge in [-0.1, -0.05) is 11.6 Å². The van der Waals surface area contributed by atoms with Gasteiger partial charge in [0.15, 0.2) is 0 Å². The molecule has 28 heavy (non-hydrogen) atoms. The van der Waals surface area contributed by atoms with Crippen molar-refractivity contribution in [3.05, 3.63) is 41.2 Å². The van der Waals surface area contributed by atoms with Gasteiger partial charge < -0.3 is 15.0 Å². The minimum absolute atomic E-state index is 0.334. The van der Waals surface area contributed by atoms with Gasteiger partial charge in [-0.25, -0.2) is 4.39 Å². The number of likely N-dealkylation sites (tertiary alicyclic amines) is 1. The van der Waals surface area contributed by atoms with E-state index >= 15 is 0 Å². The molecule has 3 atom stereocenters. The Hall–Kier alpha value is -1.76. The Morgan fingerprint density at radius 1 is 1.11 bits per heavy atom. The van der Waals surface area contributed by atoms with Crippen LogP contribution in [-0.2, 0) is 4.74 Å². The van der Waals surface area contributed by atoms with E-state index in [1.54, 1.807) is 0 Å². The van der Waals surface area contributed by atoms with E-state index in [0.29, 0.717) is 34.2 Å². The average Bonchev–Trinajstić information content (AvgIpc) is 3.15. The number of piperidine rings is 1. The van der Waals surface area contributed by atoms with Crippen molar-refractivity contribution in [1.29, 1.82) is 0 Å². The zero-order valence-corrected chi connectivity index (χ0v) is 16.4. The van der Waals surface area contributed by atoms with E-state index in [9.17, 15) is 4.39 Å². The van der Waals surface area contributed by atoms with Gasteiger partial charge in [0.25, 0.3) is 0 Å². The highest BCUT2D eigenvalue weighted by Gasteiger charge is 2.55. The topological polar surface area (TPSA) is 50.3 Å². The molecule has 1 saturated carbocycles. The largest absolute Gasteiger partial charge is 0.381 e. The van der Waals surface area contributed by atoms with Crippen LogP contribution in [0.3, 0.4) is 0 Å². The van der Waals surface area contributed by atoms with Crippen LogP contribution >= 0.6 is 11.6 Å². The predicted octanol–water partition coefficient (Wildman–Crippen LogP) is 3.70. The van der Waals surface area contributed by atoms with Crippen LogP contribution in [0.5, 0.6) is 0 Å². The summed E-state index contributed by atoms with van der Waals surface area (Å²) in [5, 5.41) is 12.5. The third kappa shape index (κ3) is 3.73. The zero-order chi connectivity index (χ0) is 19.1. The summed E-state index contributed by atoms with van der Waals surface area (Å²) in [7, 11) is 0. The fourth-order valence-electron chi connectivity index (χ4n) is 4.69. The van der Waals surface area contributed by atoms with Crippen LogP contribution in [0.4, 0.5) is 10.2 Å². The van der Waals surface area contributed by atoms with E-state index in [1.165, 1.54) is 50.7 Å². The average molecular weight is 403 g/mol. The van der Waals surface area contributed by atoms with Gasteiger partial charge in [-0.15, -0.1) is 10.2 Å². The summed E-state index contributed by atoms with van der Waals surface area (Å²) in [6, 6.07) is 8.49. The smallest absolute Gasteiger partial charge is 0.148 e. The number of ether oxygens (including phenoxy) is 1. The van der Waals surface area contributed by atoms with Gasteiger partial charge in [0.05, 0.1) is 10.7 Å². The molecule has 0 radical (unpaired) electrons. The van der Waals surface area contributed by atoms with E-state index in [-0.39, 0.29) is 5.82 Å². The molecule has 5 nitrogen and oxygen atoms in total. The van der Waals surface area contributed by atoms with E-state index in [4.69, 9.17) is 16.3 Å². The molecule has 1 unspecified atom stereocenters. The Morgan fingerprint density at radius 2 is 1.89 bits per heavy atom. The number of rotatable bonds is 5. The Bertz CT molecular complexity index is 831. The molecule has 148 valence electrons. The van der Waals surface area contributed by atoms with Crippen LogP contribution in [-0.4, -0.2) is 54.0 Å². The van der Waals surface area contributed by atoms with Gasteiger partial charge in [0.1, 0.15) is 11.6 Å². The Kier molecular flexibility index (Phi) is 4.95. The second-order valence-electron chi connectivity index (χ2n) is 8.20. The molecule has 3 fully saturated rings. The molecular formula is C21H24ClFN4O. The molecule has 2 aromatic rings. The molecule has 0 amide bonds. The summed E-state index contributed by atoms with van der Waals surface area (Å²) in [5.41, 5.74) is 1.14. The number of nitrogens with zero attached hydrogens (tertiary/aromatic N) is 3. The second-order valence-corrected chi connectivity index (χ2v) is 8.61. The third-order valence-corrected chi connectivity index (χ3v) is 6.64. The Balaban J connectivity index is 1.15. The minimum atomic E-state index is -0.334. The first-order valence-electron chi connectivity index (χ1n) is 10.0. The van der Waals surface area contributed by atoms with Gasteiger partial charge >= 0.3 is 0 Å². The molecule has 2 aliphatic heterocycles. The molecule has 1 aromatic heterocycles. The molecule has 1 aliphatic carbocycles. The van der Waals surface area contributed by atoms with Crippen molar-refractivity contribution in [2.24, 2.45) is 17.8 Å². The van der Waals surface area contributed by atoms with Gasteiger partial charge in [-0.05, 0) is 60.9 Å². The van der Waals surface area contributed by atoms with Gasteiger partial charge in [-0.2, -0.15) is 0 Å². The minimum Gasteiger partial charge on any atom is -0.381 e. The lowest BCUT2D eigenvalue weighted by Gasteiger charge is -2.28. The van der Waals surface area contributed by atoms with Gasteiger partial charge in [0, 0.05) is 44.5 Å². The van der Waals surface area contributed by atoms with Crippen LogP contribution in [0.2, 0.25) is 5.02 Å². The quantitative estimate of drug-likeness (QED) is 0.826. The summed E-state index contributed by atoms with van der Waals surface area (Å²) in [6.07, 6.45) is 2.40. The Labute approximate surface area is 169 Å². The molecule has 0 bridgehead atoms. The summed E-state index contributed by atoms with van der Waals surface area (Å²) in [5.74, 6) is 2.65. The first-order chi connectivity index (χ1) is 13.7. The second kappa shape index (κ2) is 7.58. The lowest BCUT2D eigenvalue weighted by Crippen LogP contribution is -2.34. The highest BCUT2D eigenvalue weighted by molar-refractivity contribution is 6.33. The van der Waals surface area contributed by atoms with Crippen LogP contribution in [0.15, 0.2) is 30.3 Å². The van der Waals surface area contributed by atoms with E-state index in [2.05, 4.69) is 20.4 Å². The van der Waals surface area contributed by atoms with Crippen molar-refractivity contribution in [3.8, 4) is 11.3 Å². The SMILES string of the molecule is Fc1ccc(Cl)c(-c2ccc(NC3[C@H]4CN(CC5CCOCC5)C[C@@H]34)nn2)c1. The standard InChI is InChI=1S/C21H24ClFN4O/c22-18-2-1-14(23)9-15(18)19-3-4-20(26-25-19)24-21-16-11-27(12-17(16)21)10-13-5-7-28-8-6-13/h1-4,9,13,16-17,21H,5-8,10-12H2,(H,24,26)/t16-,17+,21?. The predicted molar refractivity (Wildman–Crippen MR) is 107 cm³/mol. The fraction of sp³-hybridized carbons (Fsp3) is 0.524. The van der Waals surface area contributed by atoms with Gasteiger partial charge in [0.2, 0.25) is 0 Å². The molecule has 2 saturated heterocycles. The highest BCUT2D eigenvalue weighted by atomic mass is 35.5. The number of anilines is 1. The van der Waals surface area contributed by atoms with Crippen molar-refractivity contribution < 1.29 is 9.13 Å². The number of hydrogen-bond donors (Lipinski definition) is 1. The first kappa shape index (κ1) is 18.3. The molecule has 1 aromatic carbocycles. The molecule has 3 heterocycles. The number of benzene rings is 1. The number of aromatic nitrogens is 2. The van der Waals surface area contributed by atoms with Crippen LogP contribution in [0, 0.1) is 23.6 Å². The number of hydrogen-bond acceptors (Lipinski definition) is 5. The number of nitrogens with one attached hydrogen (secondary N) is 1. The van der Waals surface area contributed by atoms with Crippen LogP contribution < -0.4 is 5.32 Å². The summed E-state index contributed by atoms with van der Waals surface area (Å²) >= 11 is 6.15.